The summed E-state index contributed by atoms with van der Waals surface area (Å²) in [6.07, 6.45) is 2.37. The van der Waals surface area contributed by atoms with Gasteiger partial charge in [-0.3, -0.25) is 4.79 Å². The average Bonchev–Trinajstić information content (AvgIpc) is 2.75. The van der Waals surface area contributed by atoms with Crippen LogP contribution in [-0.4, -0.2) is 37.2 Å². The van der Waals surface area contributed by atoms with Gasteiger partial charge in [0.2, 0.25) is 5.91 Å². The topological polar surface area (TPSA) is 93.7 Å². The Bertz CT molecular complexity index is 899. The Labute approximate surface area is 189 Å². The number of amides is 2. The highest BCUT2D eigenvalue weighted by Gasteiger charge is 2.15. The van der Waals surface area contributed by atoms with Gasteiger partial charge >= 0.3 is 12.1 Å². The van der Waals surface area contributed by atoms with Crippen molar-refractivity contribution in [3.8, 4) is 11.1 Å². The molecule has 0 aliphatic carbocycles. The van der Waals surface area contributed by atoms with Crippen LogP contribution < -0.4 is 10.6 Å². The summed E-state index contributed by atoms with van der Waals surface area (Å²) in [5.74, 6) is -0.408. The number of nitrogens with one attached hydrogen (secondary N) is 2. The molecule has 32 heavy (non-hydrogen) atoms. The molecule has 0 saturated carbocycles. The largest absolute Gasteiger partial charge is 0.465 e. The predicted molar refractivity (Wildman–Crippen MR) is 125 cm³/mol. The fraction of sp³-hybridized carbons (Fsp3) is 0.400. The van der Waals surface area contributed by atoms with Crippen LogP contribution in [0.5, 0.6) is 0 Å². The zero-order valence-corrected chi connectivity index (χ0v) is 19.2. The number of ether oxygens (including phenoxy) is 2. The number of rotatable bonds is 9. The molecule has 2 rings (SSSR count). The molecule has 172 valence electrons. The molecule has 0 heterocycles. The highest BCUT2D eigenvalue weighted by Crippen LogP contribution is 2.22. The lowest BCUT2D eigenvalue weighted by Crippen LogP contribution is -2.33. The number of hydrogen-bond donors (Lipinski definition) is 2. The van der Waals surface area contributed by atoms with Crippen molar-refractivity contribution in [3.63, 3.8) is 0 Å². The molecule has 0 unspecified atom stereocenters. The maximum atomic E-state index is 12.2. The Morgan fingerprint density at radius 1 is 0.844 bits per heavy atom. The third-order valence-electron chi connectivity index (χ3n) is 4.56. The molecule has 0 aromatic heterocycles. The van der Waals surface area contributed by atoms with E-state index >= 15 is 0 Å². The Hall–Kier alpha value is -3.35. The van der Waals surface area contributed by atoms with Gasteiger partial charge in [-0.25, -0.2) is 9.59 Å². The summed E-state index contributed by atoms with van der Waals surface area (Å²) < 4.78 is 9.88. The summed E-state index contributed by atoms with van der Waals surface area (Å²) in [5.41, 5.74) is 2.68. The minimum Gasteiger partial charge on any atom is -0.465 e. The van der Waals surface area contributed by atoms with Gasteiger partial charge in [0, 0.05) is 18.7 Å². The molecule has 2 amide bonds. The quantitative estimate of drug-likeness (QED) is 0.415. The van der Waals surface area contributed by atoms with E-state index in [1.54, 1.807) is 12.1 Å². The SMILES string of the molecule is COC(=O)c1ccc(-c2ccc(NC(=O)CCCCCNC(=O)OC(C)(C)C)cc2)cc1. The van der Waals surface area contributed by atoms with Gasteiger partial charge in [-0.1, -0.05) is 30.7 Å². The molecule has 2 aromatic carbocycles. The highest BCUT2D eigenvalue weighted by molar-refractivity contribution is 5.91. The van der Waals surface area contributed by atoms with E-state index in [0.29, 0.717) is 18.5 Å². The van der Waals surface area contributed by atoms with Gasteiger partial charge in [-0.05, 0) is 69.0 Å². The van der Waals surface area contributed by atoms with Crippen molar-refractivity contribution in [2.24, 2.45) is 0 Å². The Morgan fingerprint density at radius 3 is 2.00 bits per heavy atom. The van der Waals surface area contributed by atoms with Crippen LogP contribution in [-0.2, 0) is 14.3 Å². The third-order valence-corrected chi connectivity index (χ3v) is 4.56. The molecule has 2 aromatic rings. The number of carbonyl (C=O) groups excluding carboxylic acids is 3. The average molecular weight is 441 g/mol. The number of benzene rings is 2. The van der Waals surface area contributed by atoms with E-state index in [4.69, 9.17) is 9.47 Å². The first-order chi connectivity index (χ1) is 15.2. The molecule has 2 N–H and O–H groups in total. The first kappa shape index (κ1) is 24.9. The van der Waals surface area contributed by atoms with Crippen molar-refractivity contribution >= 4 is 23.7 Å². The zero-order valence-electron chi connectivity index (χ0n) is 19.2. The van der Waals surface area contributed by atoms with Crippen LogP contribution in [0.4, 0.5) is 10.5 Å². The summed E-state index contributed by atoms with van der Waals surface area (Å²) in [7, 11) is 1.35. The van der Waals surface area contributed by atoms with Crippen molar-refractivity contribution in [3.05, 3.63) is 54.1 Å². The van der Waals surface area contributed by atoms with Crippen LogP contribution in [0.15, 0.2) is 48.5 Å². The summed E-state index contributed by atoms with van der Waals surface area (Å²) in [4.78, 5) is 35.2. The lowest BCUT2D eigenvalue weighted by molar-refractivity contribution is -0.116. The number of alkyl carbamates (subject to hydrolysis) is 1. The lowest BCUT2D eigenvalue weighted by atomic mass is 10.0. The maximum absolute atomic E-state index is 12.2. The van der Waals surface area contributed by atoms with Crippen LogP contribution >= 0.6 is 0 Å². The summed E-state index contributed by atoms with van der Waals surface area (Å²) in [6, 6.07) is 14.7. The number of carbonyl (C=O) groups is 3. The van der Waals surface area contributed by atoms with Crippen molar-refractivity contribution < 1.29 is 23.9 Å². The normalized spacial score (nSPS) is 10.9. The van der Waals surface area contributed by atoms with Crippen molar-refractivity contribution in [1.29, 1.82) is 0 Å². The summed E-state index contributed by atoms with van der Waals surface area (Å²) >= 11 is 0. The van der Waals surface area contributed by atoms with Crippen LogP contribution in [0.2, 0.25) is 0 Å². The Balaban J connectivity index is 1.69. The molecule has 0 radical (unpaired) electrons. The second-order valence-corrected chi connectivity index (χ2v) is 8.43. The van der Waals surface area contributed by atoms with E-state index in [-0.39, 0.29) is 11.9 Å². The van der Waals surface area contributed by atoms with E-state index in [1.807, 2.05) is 57.2 Å². The van der Waals surface area contributed by atoms with Crippen LogP contribution in [0, 0.1) is 0 Å². The van der Waals surface area contributed by atoms with E-state index in [2.05, 4.69) is 10.6 Å². The van der Waals surface area contributed by atoms with Crippen LogP contribution in [0.1, 0.15) is 56.8 Å². The molecule has 0 atom stereocenters. The smallest absolute Gasteiger partial charge is 0.407 e. The number of methoxy groups -OCH3 is 1. The monoisotopic (exact) mass is 440 g/mol. The maximum Gasteiger partial charge on any atom is 0.407 e. The Kier molecular flexibility index (Phi) is 9.25. The molecule has 7 nitrogen and oxygen atoms in total. The molecule has 0 aliphatic heterocycles. The van der Waals surface area contributed by atoms with Gasteiger partial charge in [-0.15, -0.1) is 0 Å². The molecule has 0 aliphatic rings. The second kappa shape index (κ2) is 11.9. The van der Waals surface area contributed by atoms with Gasteiger partial charge in [0.25, 0.3) is 0 Å². The number of esters is 1. The van der Waals surface area contributed by atoms with Crippen LogP contribution in [0.3, 0.4) is 0 Å². The van der Waals surface area contributed by atoms with Gasteiger partial charge in [-0.2, -0.15) is 0 Å². The van der Waals surface area contributed by atoms with Crippen molar-refractivity contribution in [2.75, 3.05) is 19.0 Å². The summed E-state index contributed by atoms with van der Waals surface area (Å²) in [6.45, 7) is 5.99. The van der Waals surface area contributed by atoms with E-state index in [1.165, 1.54) is 7.11 Å². The molecule has 0 bridgehead atoms. The third kappa shape index (κ3) is 8.79. The highest BCUT2D eigenvalue weighted by atomic mass is 16.6. The Morgan fingerprint density at radius 2 is 1.44 bits per heavy atom. The fourth-order valence-corrected chi connectivity index (χ4v) is 2.98. The predicted octanol–water partition coefficient (Wildman–Crippen LogP) is 5.16. The molecular formula is C25H32N2O5. The number of anilines is 1. The summed E-state index contributed by atoms with van der Waals surface area (Å²) in [5, 5.41) is 5.61. The molecule has 0 fully saturated rings. The standard InChI is InChI=1S/C25H32N2O5/c1-25(2,3)32-24(30)26-17-7-5-6-8-22(28)27-21-15-13-19(14-16-21)18-9-11-20(12-10-18)23(29)31-4/h9-16H,5-8,17H2,1-4H3,(H,26,30)(H,27,28). The van der Waals surface area contributed by atoms with Crippen molar-refractivity contribution in [1.82, 2.24) is 5.32 Å². The molecule has 7 heteroatoms. The van der Waals surface area contributed by atoms with Gasteiger partial charge in [0.1, 0.15) is 5.60 Å². The molecular weight excluding hydrogens is 408 g/mol. The van der Waals surface area contributed by atoms with Gasteiger partial charge < -0.3 is 20.1 Å². The van der Waals surface area contributed by atoms with Crippen LogP contribution in [0.25, 0.3) is 11.1 Å². The zero-order chi connectivity index (χ0) is 23.6. The van der Waals surface area contributed by atoms with E-state index in [0.717, 1.165) is 36.1 Å². The molecule has 0 saturated heterocycles. The minimum absolute atomic E-state index is 0.0414. The van der Waals surface area contributed by atoms with E-state index in [9.17, 15) is 14.4 Å². The minimum atomic E-state index is -0.504. The first-order valence-corrected chi connectivity index (χ1v) is 10.7. The number of hydrogen-bond acceptors (Lipinski definition) is 5. The number of unbranched alkanes of at least 4 members (excludes halogenated alkanes) is 2. The fourth-order valence-electron chi connectivity index (χ4n) is 2.98. The first-order valence-electron chi connectivity index (χ1n) is 10.7. The lowest BCUT2D eigenvalue weighted by Gasteiger charge is -2.19. The molecule has 0 spiro atoms. The van der Waals surface area contributed by atoms with Crippen molar-refractivity contribution in [2.45, 2.75) is 52.1 Å². The van der Waals surface area contributed by atoms with Gasteiger partial charge in [0.05, 0.1) is 12.7 Å². The van der Waals surface area contributed by atoms with Gasteiger partial charge in [0.15, 0.2) is 0 Å². The second-order valence-electron chi connectivity index (χ2n) is 8.43. The van der Waals surface area contributed by atoms with E-state index < -0.39 is 11.7 Å².